The number of aromatic nitrogens is 1. The fourth-order valence-corrected chi connectivity index (χ4v) is 2.45. The first-order valence-corrected chi connectivity index (χ1v) is 9.47. The molecule has 0 radical (unpaired) electrons. The minimum absolute atomic E-state index is 0.337. The molecule has 0 spiro atoms. The van der Waals surface area contributed by atoms with E-state index in [0.29, 0.717) is 12.3 Å². The van der Waals surface area contributed by atoms with E-state index in [1.807, 2.05) is 52.0 Å². The Hall–Kier alpha value is -2.48. The van der Waals surface area contributed by atoms with Gasteiger partial charge in [0.05, 0.1) is 5.35 Å². The average molecular weight is 352 g/mol. The topological polar surface area (TPSA) is 30.0 Å². The van der Waals surface area contributed by atoms with Crippen LogP contribution < -0.4 is 10.6 Å². The standard InChI is InChI=1S/C20H21NO.2C2H6/c1-4-8-20-18(11-15(2)3)19(14-22)17(13-21-20)12-16-9-6-5-7-10-16;2*1-2/h4-11,13-15H,1,12H2,2-3H3;2*1-2H3/b18-11-,20-8+;;. The Labute approximate surface area is 159 Å². The minimum atomic E-state index is 0.337. The average Bonchev–Trinajstić information content (AvgIpc) is 2.68. The van der Waals surface area contributed by atoms with Crippen molar-refractivity contribution in [1.82, 2.24) is 4.98 Å². The van der Waals surface area contributed by atoms with Crippen LogP contribution in [0, 0.1) is 5.92 Å². The van der Waals surface area contributed by atoms with E-state index in [9.17, 15) is 4.79 Å². The van der Waals surface area contributed by atoms with Gasteiger partial charge in [0.25, 0.3) is 0 Å². The molecule has 0 saturated carbocycles. The summed E-state index contributed by atoms with van der Waals surface area (Å²) in [7, 11) is 0. The highest BCUT2D eigenvalue weighted by Gasteiger charge is 2.07. The highest BCUT2D eigenvalue weighted by atomic mass is 16.1. The summed E-state index contributed by atoms with van der Waals surface area (Å²) in [4.78, 5) is 16.2. The molecule has 0 fully saturated rings. The second kappa shape index (κ2) is 13.8. The molecular formula is C24H33NO. The minimum Gasteiger partial charge on any atom is -0.298 e. The molecular weight excluding hydrogens is 318 g/mol. The summed E-state index contributed by atoms with van der Waals surface area (Å²) in [6.45, 7) is 15.9. The van der Waals surface area contributed by atoms with Crippen molar-refractivity contribution in [1.29, 1.82) is 0 Å². The van der Waals surface area contributed by atoms with Gasteiger partial charge in [-0.25, -0.2) is 0 Å². The SMILES string of the molecule is C=C/C=c1/ncc(Cc2ccccc2)c(C=O)/c1=C/C(C)C.CC.CC. The van der Waals surface area contributed by atoms with Crippen molar-refractivity contribution < 1.29 is 4.79 Å². The van der Waals surface area contributed by atoms with Crippen LogP contribution in [0.2, 0.25) is 0 Å². The number of carbonyl (C=O) groups excluding carboxylic acids is 1. The molecule has 1 heterocycles. The van der Waals surface area contributed by atoms with Gasteiger partial charge in [0.1, 0.15) is 0 Å². The van der Waals surface area contributed by atoms with Crippen LogP contribution in [0.5, 0.6) is 0 Å². The monoisotopic (exact) mass is 351 g/mol. The fourth-order valence-electron chi connectivity index (χ4n) is 2.45. The zero-order valence-corrected chi connectivity index (χ0v) is 17.1. The molecule has 2 rings (SSSR count). The molecule has 0 N–H and O–H groups in total. The Kier molecular flexibility index (Phi) is 12.5. The Balaban J connectivity index is 0.00000146. The Morgan fingerprint density at radius 3 is 2.19 bits per heavy atom. The van der Waals surface area contributed by atoms with E-state index >= 15 is 0 Å². The molecule has 0 saturated heterocycles. The first-order valence-electron chi connectivity index (χ1n) is 9.47. The number of pyridine rings is 1. The summed E-state index contributed by atoms with van der Waals surface area (Å²) in [6, 6.07) is 10.1. The third-order valence-corrected chi connectivity index (χ3v) is 3.40. The lowest BCUT2D eigenvalue weighted by Gasteiger charge is -2.07. The number of nitrogens with zero attached hydrogens (tertiary/aromatic N) is 1. The molecule has 2 aromatic rings. The second-order valence-corrected chi connectivity index (χ2v) is 5.59. The molecule has 0 unspecified atom stereocenters. The summed E-state index contributed by atoms with van der Waals surface area (Å²) in [5, 5.41) is 1.70. The summed E-state index contributed by atoms with van der Waals surface area (Å²) < 4.78 is 0. The quantitative estimate of drug-likeness (QED) is 0.714. The maximum absolute atomic E-state index is 11.7. The van der Waals surface area contributed by atoms with Crippen LogP contribution in [-0.2, 0) is 6.42 Å². The van der Waals surface area contributed by atoms with Crippen LogP contribution in [0.3, 0.4) is 0 Å². The van der Waals surface area contributed by atoms with Gasteiger partial charge in [0, 0.05) is 17.0 Å². The van der Waals surface area contributed by atoms with Gasteiger partial charge in [-0.05, 0) is 29.5 Å². The van der Waals surface area contributed by atoms with Crippen molar-refractivity contribution in [3.63, 3.8) is 0 Å². The van der Waals surface area contributed by atoms with Crippen molar-refractivity contribution in [3.8, 4) is 0 Å². The number of rotatable bonds is 5. The lowest BCUT2D eigenvalue weighted by Crippen LogP contribution is -2.33. The van der Waals surface area contributed by atoms with E-state index in [-0.39, 0.29) is 0 Å². The zero-order chi connectivity index (χ0) is 19.9. The van der Waals surface area contributed by atoms with Crippen LogP contribution in [0.1, 0.15) is 63.0 Å². The molecule has 0 aliphatic carbocycles. The zero-order valence-electron chi connectivity index (χ0n) is 17.1. The number of hydrogen-bond acceptors (Lipinski definition) is 2. The molecule has 0 atom stereocenters. The lowest BCUT2D eigenvalue weighted by molar-refractivity contribution is 0.112. The van der Waals surface area contributed by atoms with E-state index in [0.717, 1.165) is 28.0 Å². The summed E-state index contributed by atoms with van der Waals surface area (Å²) in [5.74, 6) is 0.337. The van der Waals surface area contributed by atoms with Gasteiger partial charge >= 0.3 is 0 Å². The largest absolute Gasteiger partial charge is 0.298 e. The Morgan fingerprint density at radius 2 is 1.69 bits per heavy atom. The molecule has 140 valence electrons. The third-order valence-electron chi connectivity index (χ3n) is 3.40. The van der Waals surface area contributed by atoms with Gasteiger partial charge in [-0.2, -0.15) is 0 Å². The Bertz CT molecular complexity index is 774. The molecule has 1 aromatic heterocycles. The van der Waals surface area contributed by atoms with E-state index in [1.165, 1.54) is 5.56 Å². The van der Waals surface area contributed by atoms with Crippen LogP contribution in [0.25, 0.3) is 12.2 Å². The first-order chi connectivity index (χ1) is 12.7. The molecule has 2 heteroatoms. The molecule has 0 aliphatic heterocycles. The number of carbonyl (C=O) groups is 1. The van der Waals surface area contributed by atoms with Crippen molar-refractivity contribution in [3.05, 3.63) is 76.4 Å². The Morgan fingerprint density at radius 1 is 1.08 bits per heavy atom. The normalized spacial score (nSPS) is 11.2. The second-order valence-electron chi connectivity index (χ2n) is 5.59. The van der Waals surface area contributed by atoms with Gasteiger partial charge in [-0.1, -0.05) is 90.6 Å². The predicted molar refractivity (Wildman–Crippen MR) is 115 cm³/mol. The van der Waals surface area contributed by atoms with Crippen molar-refractivity contribution >= 4 is 18.4 Å². The maximum Gasteiger partial charge on any atom is 0.151 e. The fraction of sp³-hybridized carbons (Fsp3) is 0.333. The number of benzene rings is 1. The summed E-state index contributed by atoms with van der Waals surface area (Å²) >= 11 is 0. The summed E-state index contributed by atoms with van der Waals surface area (Å²) in [6.07, 6.45) is 9.06. The highest BCUT2D eigenvalue weighted by molar-refractivity contribution is 5.78. The van der Waals surface area contributed by atoms with Gasteiger partial charge in [-0.15, -0.1) is 0 Å². The number of hydrogen-bond donors (Lipinski definition) is 0. The predicted octanol–water partition coefficient (Wildman–Crippen LogP) is 4.94. The smallest absolute Gasteiger partial charge is 0.151 e. The maximum atomic E-state index is 11.7. The molecule has 26 heavy (non-hydrogen) atoms. The van der Waals surface area contributed by atoms with Crippen molar-refractivity contribution in [2.75, 3.05) is 0 Å². The third kappa shape index (κ3) is 7.18. The highest BCUT2D eigenvalue weighted by Crippen LogP contribution is 2.09. The van der Waals surface area contributed by atoms with Crippen molar-refractivity contribution in [2.24, 2.45) is 5.92 Å². The van der Waals surface area contributed by atoms with Crippen molar-refractivity contribution in [2.45, 2.75) is 48.0 Å². The molecule has 1 aromatic carbocycles. The van der Waals surface area contributed by atoms with Gasteiger partial charge in [0.2, 0.25) is 0 Å². The first kappa shape index (κ1) is 23.5. The van der Waals surface area contributed by atoms with E-state index < -0.39 is 0 Å². The summed E-state index contributed by atoms with van der Waals surface area (Å²) in [5.41, 5.74) is 2.85. The van der Waals surface area contributed by atoms with Crippen LogP contribution in [0.15, 0.2) is 49.2 Å². The molecule has 0 aliphatic rings. The molecule has 0 amide bonds. The number of aldehydes is 1. The molecule has 2 nitrogen and oxygen atoms in total. The number of allylic oxidation sites excluding steroid dienone is 1. The lowest BCUT2D eigenvalue weighted by atomic mass is 9.99. The van der Waals surface area contributed by atoms with Crippen LogP contribution >= 0.6 is 0 Å². The van der Waals surface area contributed by atoms with E-state index in [2.05, 4.69) is 43.6 Å². The van der Waals surface area contributed by atoms with Gasteiger partial charge in [0.15, 0.2) is 6.29 Å². The van der Waals surface area contributed by atoms with Crippen LogP contribution in [0.4, 0.5) is 0 Å². The van der Waals surface area contributed by atoms with Gasteiger partial charge < -0.3 is 0 Å². The van der Waals surface area contributed by atoms with Crippen LogP contribution in [-0.4, -0.2) is 11.3 Å². The van der Waals surface area contributed by atoms with E-state index in [1.54, 1.807) is 12.3 Å². The molecule has 0 bridgehead atoms. The van der Waals surface area contributed by atoms with Gasteiger partial charge in [-0.3, -0.25) is 9.78 Å². The van der Waals surface area contributed by atoms with E-state index in [4.69, 9.17) is 0 Å².